The number of nitrogens with one attached hydrogen (secondary N) is 1. The molecule has 3 N–H and O–H groups in total. The summed E-state index contributed by atoms with van der Waals surface area (Å²) in [6, 6.07) is 6.04. The summed E-state index contributed by atoms with van der Waals surface area (Å²) < 4.78 is 33.1. The van der Waals surface area contributed by atoms with Crippen molar-refractivity contribution in [3.05, 3.63) is 53.0 Å². The van der Waals surface area contributed by atoms with E-state index in [4.69, 9.17) is 10.2 Å². The minimum atomic E-state index is -1.05. The Morgan fingerprint density at radius 2 is 1.95 bits per heavy atom. The lowest BCUT2D eigenvalue weighted by atomic mass is 10.1. The van der Waals surface area contributed by atoms with Gasteiger partial charge in [-0.15, -0.1) is 0 Å². The highest BCUT2D eigenvalue weighted by molar-refractivity contribution is 7.80. The summed E-state index contributed by atoms with van der Waals surface area (Å²) >= 11 is 4.66. The molecular weight excluding hydrogens is 282 g/mol. The molecule has 0 aliphatic rings. The smallest absolute Gasteiger partial charge is 0.182 e. The summed E-state index contributed by atoms with van der Waals surface area (Å²) in [5.41, 5.74) is 5.24. The molecule has 0 amide bonds. The molecule has 0 fully saturated rings. The predicted octanol–water partition coefficient (Wildman–Crippen LogP) is 3.67. The van der Waals surface area contributed by atoms with Gasteiger partial charge >= 0.3 is 0 Å². The first kappa shape index (κ1) is 14.5. The van der Waals surface area contributed by atoms with Crippen LogP contribution in [0.25, 0.3) is 0 Å². The van der Waals surface area contributed by atoms with E-state index < -0.39 is 11.6 Å². The molecule has 3 nitrogen and oxygen atoms in total. The quantitative estimate of drug-likeness (QED) is 0.845. The second-order valence-electron chi connectivity index (χ2n) is 4.47. The number of furan rings is 1. The lowest BCUT2D eigenvalue weighted by Gasteiger charge is -2.15. The van der Waals surface area contributed by atoms with Gasteiger partial charge in [-0.05, 0) is 38.1 Å². The summed E-state index contributed by atoms with van der Waals surface area (Å²) in [4.78, 5) is -0.178. The Hall–Kier alpha value is -1.95. The molecule has 2 rings (SSSR count). The van der Waals surface area contributed by atoms with E-state index in [0.29, 0.717) is 5.76 Å². The zero-order valence-electron chi connectivity index (χ0n) is 11.0. The van der Waals surface area contributed by atoms with Gasteiger partial charge in [0.2, 0.25) is 0 Å². The van der Waals surface area contributed by atoms with Crippen molar-refractivity contribution in [2.45, 2.75) is 19.9 Å². The van der Waals surface area contributed by atoms with Crippen molar-refractivity contribution < 1.29 is 13.2 Å². The molecular formula is C14H14F2N2OS. The Kier molecular flexibility index (Phi) is 4.04. The van der Waals surface area contributed by atoms with E-state index in [1.165, 1.54) is 12.1 Å². The van der Waals surface area contributed by atoms with Crippen LogP contribution >= 0.6 is 12.2 Å². The summed E-state index contributed by atoms with van der Waals surface area (Å²) in [5.74, 6) is -0.666. The Labute approximate surface area is 120 Å². The van der Waals surface area contributed by atoms with Gasteiger partial charge in [0.1, 0.15) is 16.5 Å². The lowest BCUT2D eigenvalue weighted by Crippen LogP contribution is -2.14. The fourth-order valence-electron chi connectivity index (χ4n) is 1.84. The molecule has 1 aromatic carbocycles. The maximum Gasteiger partial charge on any atom is 0.182 e. The van der Waals surface area contributed by atoms with Gasteiger partial charge in [0.25, 0.3) is 0 Å². The first-order valence-electron chi connectivity index (χ1n) is 6.01. The first-order valence-corrected chi connectivity index (χ1v) is 6.41. The normalized spacial score (nSPS) is 12.2. The van der Waals surface area contributed by atoms with Crippen LogP contribution in [-0.2, 0) is 0 Å². The minimum absolute atomic E-state index is 0.0315. The third-order valence-electron chi connectivity index (χ3n) is 2.91. The van der Waals surface area contributed by atoms with E-state index in [1.54, 1.807) is 19.1 Å². The van der Waals surface area contributed by atoms with Crippen molar-refractivity contribution in [2.75, 3.05) is 5.32 Å². The molecule has 20 heavy (non-hydrogen) atoms. The second kappa shape index (κ2) is 5.58. The summed E-state index contributed by atoms with van der Waals surface area (Å²) in [7, 11) is 0. The van der Waals surface area contributed by atoms with Crippen LogP contribution < -0.4 is 11.1 Å². The molecule has 0 saturated heterocycles. The zero-order chi connectivity index (χ0) is 14.9. The van der Waals surface area contributed by atoms with Crippen molar-refractivity contribution in [1.29, 1.82) is 0 Å². The van der Waals surface area contributed by atoms with E-state index in [-0.39, 0.29) is 22.3 Å². The Morgan fingerprint density at radius 3 is 2.50 bits per heavy atom. The molecule has 0 aliphatic heterocycles. The molecule has 6 heteroatoms. The van der Waals surface area contributed by atoms with Gasteiger partial charge in [0.15, 0.2) is 11.6 Å². The minimum Gasteiger partial charge on any atom is -0.464 e. The van der Waals surface area contributed by atoms with Gasteiger partial charge in [0, 0.05) is 5.56 Å². The zero-order valence-corrected chi connectivity index (χ0v) is 11.9. The SMILES string of the molecule is Cc1ccc(C(C)Nc2ccc(C(N)=S)c(F)c2F)o1. The van der Waals surface area contributed by atoms with Crippen molar-refractivity contribution in [3.63, 3.8) is 0 Å². The molecule has 1 unspecified atom stereocenters. The molecule has 1 aromatic heterocycles. The maximum atomic E-state index is 13.9. The van der Waals surface area contributed by atoms with Crippen LogP contribution in [0, 0.1) is 18.6 Å². The summed E-state index contributed by atoms with van der Waals surface area (Å²) in [5, 5.41) is 2.85. The topological polar surface area (TPSA) is 51.2 Å². The molecule has 2 aromatic rings. The van der Waals surface area contributed by atoms with Crippen molar-refractivity contribution in [1.82, 2.24) is 0 Å². The highest BCUT2D eigenvalue weighted by Crippen LogP contribution is 2.26. The van der Waals surface area contributed by atoms with Crippen molar-refractivity contribution in [3.8, 4) is 0 Å². The van der Waals surface area contributed by atoms with Crippen LogP contribution in [0.5, 0.6) is 0 Å². The number of thiocarbonyl (C=S) groups is 1. The molecule has 1 atom stereocenters. The average molecular weight is 296 g/mol. The highest BCUT2D eigenvalue weighted by atomic mass is 32.1. The standard InChI is InChI=1S/C14H14F2N2OS/c1-7-3-6-11(19-7)8(2)18-10-5-4-9(14(17)20)12(15)13(10)16/h3-6,8,18H,1-2H3,(H2,17,20). The van der Waals surface area contributed by atoms with Crippen LogP contribution in [0.3, 0.4) is 0 Å². The Balaban J connectivity index is 2.26. The van der Waals surface area contributed by atoms with Gasteiger partial charge in [-0.25, -0.2) is 8.78 Å². The number of hydrogen-bond donors (Lipinski definition) is 2. The fourth-order valence-corrected chi connectivity index (χ4v) is 2.00. The van der Waals surface area contributed by atoms with Gasteiger partial charge in [-0.1, -0.05) is 12.2 Å². The number of benzene rings is 1. The van der Waals surface area contributed by atoms with Crippen molar-refractivity contribution in [2.24, 2.45) is 5.73 Å². The van der Waals surface area contributed by atoms with Crippen molar-refractivity contribution >= 4 is 22.9 Å². The van der Waals surface area contributed by atoms with Crippen LogP contribution in [-0.4, -0.2) is 4.99 Å². The monoisotopic (exact) mass is 296 g/mol. The fraction of sp³-hybridized carbons (Fsp3) is 0.214. The van der Waals surface area contributed by atoms with Crippen LogP contribution in [0.1, 0.15) is 30.0 Å². The summed E-state index contributed by atoms with van der Waals surface area (Å²) in [6.45, 7) is 3.60. The van der Waals surface area contributed by atoms with Crippen LogP contribution in [0.2, 0.25) is 0 Å². The van der Waals surface area contributed by atoms with E-state index in [9.17, 15) is 8.78 Å². The number of rotatable bonds is 4. The molecule has 0 aliphatic carbocycles. The summed E-state index contributed by atoms with van der Waals surface area (Å²) in [6.07, 6.45) is 0. The second-order valence-corrected chi connectivity index (χ2v) is 4.91. The third kappa shape index (κ3) is 2.80. The molecule has 0 radical (unpaired) electrons. The molecule has 106 valence electrons. The number of anilines is 1. The van der Waals surface area contributed by atoms with E-state index in [0.717, 1.165) is 5.76 Å². The van der Waals surface area contributed by atoms with Gasteiger partial charge in [-0.3, -0.25) is 0 Å². The number of aryl methyl sites for hydroxylation is 1. The molecule has 0 spiro atoms. The first-order chi connectivity index (χ1) is 9.40. The van der Waals surface area contributed by atoms with Gasteiger partial charge in [0.05, 0.1) is 11.7 Å². The Morgan fingerprint density at radius 1 is 1.25 bits per heavy atom. The van der Waals surface area contributed by atoms with Crippen LogP contribution in [0.15, 0.2) is 28.7 Å². The Bertz CT molecular complexity index is 655. The van der Waals surface area contributed by atoms with E-state index in [1.807, 2.05) is 6.92 Å². The third-order valence-corrected chi connectivity index (χ3v) is 3.13. The molecule has 0 bridgehead atoms. The lowest BCUT2D eigenvalue weighted by molar-refractivity contribution is 0.464. The van der Waals surface area contributed by atoms with E-state index >= 15 is 0 Å². The van der Waals surface area contributed by atoms with Crippen LogP contribution in [0.4, 0.5) is 14.5 Å². The molecule has 0 saturated carbocycles. The number of hydrogen-bond acceptors (Lipinski definition) is 3. The highest BCUT2D eigenvalue weighted by Gasteiger charge is 2.17. The van der Waals surface area contributed by atoms with Gasteiger partial charge in [-0.2, -0.15) is 0 Å². The number of nitrogens with two attached hydrogens (primary N) is 1. The number of halogens is 2. The maximum absolute atomic E-state index is 13.9. The predicted molar refractivity (Wildman–Crippen MR) is 77.7 cm³/mol. The average Bonchev–Trinajstić information content (AvgIpc) is 2.81. The largest absolute Gasteiger partial charge is 0.464 e. The molecule has 1 heterocycles. The van der Waals surface area contributed by atoms with E-state index in [2.05, 4.69) is 17.5 Å². The van der Waals surface area contributed by atoms with Gasteiger partial charge < -0.3 is 15.5 Å².